The number of rotatable bonds is 11. The highest BCUT2D eigenvalue weighted by Gasteiger charge is 2.09. The fraction of sp³-hybridized carbons (Fsp3) is 1.00. The Balaban J connectivity index is 3.77. The average Bonchev–Trinajstić information content (AvgIpc) is 2.28. The molecule has 0 rings (SSSR count). The summed E-state index contributed by atoms with van der Waals surface area (Å²) >= 11 is 0. The van der Waals surface area contributed by atoms with Crippen LogP contribution in [0.1, 0.15) is 33.1 Å². The molecule has 0 aromatic heterocycles. The van der Waals surface area contributed by atoms with Crippen LogP contribution in [-0.4, -0.2) is 51.8 Å². The molecule has 0 aliphatic heterocycles. The molecule has 5 nitrogen and oxygen atoms in total. The van der Waals surface area contributed by atoms with Crippen LogP contribution in [0.2, 0.25) is 0 Å². The van der Waals surface area contributed by atoms with Crippen LogP contribution in [0.15, 0.2) is 0 Å². The van der Waals surface area contributed by atoms with Gasteiger partial charge in [-0.3, -0.25) is 0 Å². The Morgan fingerprint density at radius 3 is 2.41 bits per heavy atom. The first-order valence-corrected chi connectivity index (χ1v) is 8.10. The minimum Gasteiger partial charge on any atom is -0.330 e. The zero-order valence-corrected chi connectivity index (χ0v) is 11.9. The van der Waals surface area contributed by atoms with Gasteiger partial charge in [0.2, 0.25) is 10.0 Å². The second-order valence-corrected chi connectivity index (χ2v) is 6.07. The summed E-state index contributed by atoms with van der Waals surface area (Å²) in [6, 6.07) is 0. The normalized spacial score (nSPS) is 12.2. The van der Waals surface area contributed by atoms with E-state index < -0.39 is 10.0 Å². The van der Waals surface area contributed by atoms with E-state index in [1.165, 1.54) is 0 Å². The number of hydrogen-bond acceptors (Lipinski definition) is 4. The summed E-state index contributed by atoms with van der Waals surface area (Å²) in [5.74, 6) is 0.185. The minimum absolute atomic E-state index is 0.185. The number of likely N-dealkylation sites (N-methyl/N-ethyl adjacent to an activating group) is 1. The molecule has 0 saturated heterocycles. The quantitative estimate of drug-likeness (QED) is 0.530. The molecule has 6 heteroatoms. The molecule has 0 saturated carbocycles. The van der Waals surface area contributed by atoms with Crippen LogP contribution in [0.4, 0.5) is 0 Å². The standard InChI is InChI=1S/C11H27N3O2S/c1-3-9-14(4-2)10-8-13-17(15,16)11-6-5-7-12/h13H,3-12H2,1-2H3. The number of sulfonamides is 1. The van der Waals surface area contributed by atoms with Crippen LogP contribution in [0.5, 0.6) is 0 Å². The lowest BCUT2D eigenvalue weighted by atomic mass is 10.3. The van der Waals surface area contributed by atoms with Gasteiger partial charge in [0.1, 0.15) is 0 Å². The summed E-state index contributed by atoms with van der Waals surface area (Å²) in [4.78, 5) is 2.24. The summed E-state index contributed by atoms with van der Waals surface area (Å²) in [5, 5.41) is 0. The van der Waals surface area contributed by atoms with Crippen molar-refractivity contribution in [1.82, 2.24) is 9.62 Å². The molecular weight excluding hydrogens is 238 g/mol. The lowest BCUT2D eigenvalue weighted by Crippen LogP contribution is -2.36. The Hall–Kier alpha value is -0.170. The van der Waals surface area contributed by atoms with Gasteiger partial charge in [-0.15, -0.1) is 0 Å². The first-order valence-electron chi connectivity index (χ1n) is 6.45. The topological polar surface area (TPSA) is 75.4 Å². The number of nitrogens with two attached hydrogens (primary N) is 1. The molecule has 104 valence electrons. The summed E-state index contributed by atoms with van der Waals surface area (Å²) in [5.41, 5.74) is 5.33. The first kappa shape index (κ1) is 16.8. The van der Waals surface area contributed by atoms with E-state index in [9.17, 15) is 8.42 Å². The van der Waals surface area contributed by atoms with E-state index in [0.717, 1.165) is 32.5 Å². The van der Waals surface area contributed by atoms with Crippen molar-refractivity contribution in [2.24, 2.45) is 5.73 Å². The molecule has 0 aromatic carbocycles. The van der Waals surface area contributed by atoms with Gasteiger partial charge in [-0.1, -0.05) is 13.8 Å². The molecule has 0 aromatic rings. The van der Waals surface area contributed by atoms with Crippen molar-refractivity contribution in [3.63, 3.8) is 0 Å². The molecule has 0 radical (unpaired) electrons. The van der Waals surface area contributed by atoms with Gasteiger partial charge in [0.15, 0.2) is 0 Å². The highest BCUT2D eigenvalue weighted by atomic mass is 32.2. The van der Waals surface area contributed by atoms with E-state index in [2.05, 4.69) is 23.5 Å². The third-order valence-electron chi connectivity index (χ3n) is 2.60. The predicted molar refractivity (Wildman–Crippen MR) is 72.5 cm³/mol. The van der Waals surface area contributed by atoms with Gasteiger partial charge in [0, 0.05) is 13.1 Å². The van der Waals surface area contributed by atoms with Gasteiger partial charge in [0.25, 0.3) is 0 Å². The fourth-order valence-corrected chi connectivity index (χ4v) is 2.74. The van der Waals surface area contributed by atoms with Gasteiger partial charge in [-0.05, 0) is 38.9 Å². The third-order valence-corrected chi connectivity index (χ3v) is 4.07. The molecule has 0 heterocycles. The number of hydrogen-bond donors (Lipinski definition) is 2. The molecule has 0 aliphatic carbocycles. The van der Waals surface area contributed by atoms with Crippen molar-refractivity contribution < 1.29 is 8.42 Å². The minimum atomic E-state index is -3.10. The first-order chi connectivity index (χ1) is 8.05. The van der Waals surface area contributed by atoms with E-state index in [1.807, 2.05) is 0 Å². The van der Waals surface area contributed by atoms with Crippen molar-refractivity contribution in [2.75, 3.05) is 38.5 Å². The highest BCUT2D eigenvalue weighted by Crippen LogP contribution is 1.94. The van der Waals surface area contributed by atoms with Crippen molar-refractivity contribution in [3.05, 3.63) is 0 Å². The molecule has 0 atom stereocenters. The van der Waals surface area contributed by atoms with E-state index in [4.69, 9.17) is 5.73 Å². The van der Waals surface area contributed by atoms with Crippen molar-refractivity contribution in [1.29, 1.82) is 0 Å². The van der Waals surface area contributed by atoms with Gasteiger partial charge in [-0.25, -0.2) is 13.1 Å². The molecule has 0 bridgehead atoms. The van der Waals surface area contributed by atoms with E-state index >= 15 is 0 Å². The maximum Gasteiger partial charge on any atom is 0.211 e. The van der Waals surface area contributed by atoms with E-state index in [1.54, 1.807) is 0 Å². The Labute approximate surface area is 106 Å². The van der Waals surface area contributed by atoms with Gasteiger partial charge in [0.05, 0.1) is 5.75 Å². The van der Waals surface area contributed by atoms with Gasteiger partial charge >= 0.3 is 0 Å². The maximum atomic E-state index is 11.6. The summed E-state index contributed by atoms with van der Waals surface area (Å²) < 4.78 is 25.8. The van der Waals surface area contributed by atoms with Crippen LogP contribution < -0.4 is 10.5 Å². The second kappa shape index (κ2) is 9.82. The lowest BCUT2D eigenvalue weighted by Gasteiger charge is -2.19. The van der Waals surface area contributed by atoms with Crippen molar-refractivity contribution in [2.45, 2.75) is 33.1 Å². The fourth-order valence-electron chi connectivity index (χ4n) is 1.61. The lowest BCUT2D eigenvalue weighted by molar-refractivity contribution is 0.293. The Morgan fingerprint density at radius 1 is 1.18 bits per heavy atom. The highest BCUT2D eigenvalue weighted by molar-refractivity contribution is 7.89. The molecule has 17 heavy (non-hydrogen) atoms. The van der Waals surface area contributed by atoms with E-state index in [0.29, 0.717) is 19.5 Å². The molecular formula is C11H27N3O2S. The smallest absolute Gasteiger partial charge is 0.211 e. The SMILES string of the molecule is CCCN(CC)CCNS(=O)(=O)CCCCN. The molecule has 0 amide bonds. The van der Waals surface area contributed by atoms with Crippen molar-refractivity contribution in [3.8, 4) is 0 Å². The summed E-state index contributed by atoms with van der Waals surface area (Å²) in [6.45, 7) is 8.02. The number of nitrogens with zero attached hydrogens (tertiary/aromatic N) is 1. The van der Waals surface area contributed by atoms with Gasteiger partial charge in [-0.2, -0.15) is 0 Å². The summed E-state index contributed by atoms with van der Waals surface area (Å²) in [6.07, 6.45) is 2.49. The zero-order valence-electron chi connectivity index (χ0n) is 11.1. The second-order valence-electron chi connectivity index (χ2n) is 4.14. The Morgan fingerprint density at radius 2 is 1.88 bits per heavy atom. The number of nitrogens with one attached hydrogen (secondary N) is 1. The van der Waals surface area contributed by atoms with Crippen LogP contribution in [0, 0.1) is 0 Å². The van der Waals surface area contributed by atoms with Crippen molar-refractivity contribution >= 4 is 10.0 Å². The molecule has 3 N–H and O–H groups in total. The maximum absolute atomic E-state index is 11.6. The van der Waals surface area contributed by atoms with E-state index in [-0.39, 0.29) is 5.75 Å². The molecule has 0 aliphatic rings. The third kappa shape index (κ3) is 9.52. The Kier molecular flexibility index (Phi) is 9.72. The largest absolute Gasteiger partial charge is 0.330 e. The summed E-state index contributed by atoms with van der Waals surface area (Å²) in [7, 11) is -3.10. The Bertz CT molecular complexity index is 268. The molecule has 0 unspecified atom stereocenters. The van der Waals surface area contributed by atoms with Crippen LogP contribution >= 0.6 is 0 Å². The number of unbranched alkanes of at least 4 members (excludes halogenated alkanes) is 1. The molecule has 0 fully saturated rings. The average molecular weight is 265 g/mol. The van der Waals surface area contributed by atoms with Gasteiger partial charge < -0.3 is 10.6 Å². The zero-order chi connectivity index (χ0) is 13.1. The van der Waals surface area contributed by atoms with Crippen LogP contribution in [0.3, 0.4) is 0 Å². The van der Waals surface area contributed by atoms with Crippen LogP contribution in [0.25, 0.3) is 0 Å². The predicted octanol–water partition coefficient (Wildman–Crippen LogP) is 0.377. The monoisotopic (exact) mass is 265 g/mol. The molecule has 0 spiro atoms. The van der Waals surface area contributed by atoms with Crippen LogP contribution in [-0.2, 0) is 10.0 Å².